The smallest absolute Gasteiger partial charge is 0.407 e. The third kappa shape index (κ3) is 4.78. The summed E-state index contributed by atoms with van der Waals surface area (Å²) in [7, 11) is 1.31. The minimum Gasteiger partial charge on any atom is -0.494 e. The van der Waals surface area contributed by atoms with Crippen molar-refractivity contribution in [3.63, 3.8) is 0 Å². The van der Waals surface area contributed by atoms with Gasteiger partial charge in [0.15, 0.2) is 17.2 Å². The molecule has 0 unspecified atom stereocenters. The van der Waals surface area contributed by atoms with E-state index >= 15 is 4.39 Å². The van der Waals surface area contributed by atoms with Crippen LogP contribution in [0.5, 0.6) is 11.5 Å². The van der Waals surface area contributed by atoms with Gasteiger partial charge in [0, 0.05) is 27.9 Å². The standard InChI is InChI=1S/C27H25ClFN3O5/c1-3-4-13-36-26(34)32-15-27(20-7-5-6-12-31-20)25(33)23-18(37-27)11-9-17(28)22(23)21-16(14-30)8-10-19(35-2)24(21)29/h5-12,25,33H,3-4,13,15H2,1-2H3,(H,32,34)/t25-,27+/m0/s1. The third-order valence-corrected chi connectivity index (χ3v) is 6.50. The average molecular weight is 526 g/mol. The number of nitriles is 1. The van der Waals surface area contributed by atoms with Gasteiger partial charge in [0.25, 0.3) is 0 Å². The number of aliphatic hydroxyl groups excluding tert-OH is 1. The molecular weight excluding hydrogens is 501 g/mol. The van der Waals surface area contributed by atoms with Crippen LogP contribution in [0.2, 0.25) is 5.02 Å². The van der Waals surface area contributed by atoms with E-state index in [1.165, 1.54) is 31.5 Å². The molecule has 1 aliphatic rings. The van der Waals surface area contributed by atoms with Gasteiger partial charge >= 0.3 is 6.09 Å². The van der Waals surface area contributed by atoms with Crippen LogP contribution in [-0.2, 0) is 10.3 Å². The second kappa shape index (κ2) is 11.0. The summed E-state index contributed by atoms with van der Waals surface area (Å²) in [5, 5.41) is 24.2. The number of nitrogens with zero attached hydrogens (tertiary/aromatic N) is 2. The molecule has 1 aromatic heterocycles. The second-order valence-electron chi connectivity index (χ2n) is 8.40. The molecule has 2 aromatic carbocycles. The zero-order chi connectivity index (χ0) is 26.6. The Bertz CT molecular complexity index is 1350. The normalized spacial score (nSPS) is 17.9. The number of carbonyl (C=O) groups excluding carboxylic acids is 1. The Morgan fingerprint density at radius 1 is 1.30 bits per heavy atom. The van der Waals surface area contributed by atoms with Gasteiger partial charge in [-0.15, -0.1) is 0 Å². The predicted octanol–water partition coefficient (Wildman–Crippen LogP) is 5.27. The van der Waals surface area contributed by atoms with Crippen molar-refractivity contribution in [2.24, 2.45) is 0 Å². The quantitative estimate of drug-likeness (QED) is 0.385. The number of aromatic nitrogens is 1. The van der Waals surface area contributed by atoms with Crippen LogP contribution >= 0.6 is 11.6 Å². The number of methoxy groups -OCH3 is 1. The summed E-state index contributed by atoms with van der Waals surface area (Å²) in [4.78, 5) is 16.7. The number of amides is 1. The number of fused-ring (bicyclic) bond motifs is 1. The maximum absolute atomic E-state index is 15.6. The molecule has 0 spiro atoms. The highest BCUT2D eigenvalue weighted by Crippen LogP contribution is 2.54. The van der Waals surface area contributed by atoms with Crippen LogP contribution < -0.4 is 14.8 Å². The number of halogens is 2. The number of aliphatic hydroxyl groups is 1. The molecule has 1 amide bonds. The zero-order valence-corrected chi connectivity index (χ0v) is 21.0. The molecule has 192 valence electrons. The minimum atomic E-state index is -1.59. The molecule has 0 saturated heterocycles. The van der Waals surface area contributed by atoms with Crippen LogP contribution in [-0.4, -0.2) is 36.4 Å². The molecule has 2 heterocycles. The Balaban J connectivity index is 1.84. The molecule has 2 atom stereocenters. The first-order valence-electron chi connectivity index (χ1n) is 11.7. The highest BCUT2D eigenvalue weighted by molar-refractivity contribution is 6.33. The summed E-state index contributed by atoms with van der Waals surface area (Å²) in [6, 6.07) is 12.8. The van der Waals surface area contributed by atoms with E-state index in [1.54, 1.807) is 24.3 Å². The number of hydrogen-bond donors (Lipinski definition) is 2. The van der Waals surface area contributed by atoms with Crippen LogP contribution in [0.4, 0.5) is 9.18 Å². The van der Waals surface area contributed by atoms with Crippen molar-refractivity contribution in [3.05, 3.63) is 76.3 Å². The number of alkyl carbamates (subject to hydrolysis) is 1. The van der Waals surface area contributed by atoms with Crippen molar-refractivity contribution in [1.29, 1.82) is 5.26 Å². The summed E-state index contributed by atoms with van der Waals surface area (Å²) in [5.74, 6) is -0.703. The summed E-state index contributed by atoms with van der Waals surface area (Å²) in [6.45, 7) is 2.00. The van der Waals surface area contributed by atoms with Crippen molar-refractivity contribution in [2.75, 3.05) is 20.3 Å². The van der Waals surface area contributed by atoms with Crippen molar-refractivity contribution >= 4 is 17.7 Å². The van der Waals surface area contributed by atoms with E-state index in [-0.39, 0.29) is 51.9 Å². The molecule has 0 fully saturated rings. The van der Waals surface area contributed by atoms with E-state index in [9.17, 15) is 15.2 Å². The summed E-state index contributed by atoms with van der Waals surface area (Å²) in [5.41, 5.74) is -1.16. The Morgan fingerprint density at radius 3 is 2.78 bits per heavy atom. The zero-order valence-electron chi connectivity index (χ0n) is 20.3. The fourth-order valence-electron chi connectivity index (χ4n) is 4.32. The van der Waals surface area contributed by atoms with Gasteiger partial charge in [0.1, 0.15) is 11.9 Å². The SMILES string of the molecule is CCCCOC(=O)NC[C@]1(c2ccccn2)Oc2ccc(Cl)c(-c3c(C#N)ccc(OC)c3F)c2[C@@H]1O. The predicted molar refractivity (Wildman–Crippen MR) is 134 cm³/mol. The van der Waals surface area contributed by atoms with Gasteiger partial charge in [-0.2, -0.15) is 5.26 Å². The lowest BCUT2D eigenvalue weighted by molar-refractivity contribution is -0.0344. The Hall–Kier alpha value is -3.87. The molecule has 2 N–H and O–H groups in total. The number of nitrogens with one attached hydrogen (secondary N) is 1. The Morgan fingerprint density at radius 2 is 2.11 bits per heavy atom. The van der Waals surface area contributed by atoms with Crippen molar-refractivity contribution in [2.45, 2.75) is 31.5 Å². The monoisotopic (exact) mass is 525 g/mol. The number of benzene rings is 2. The average Bonchev–Trinajstić information content (AvgIpc) is 3.21. The van der Waals surface area contributed by atoms with Crippen molar-refractivity contribution in [1.82, 2.24) is 10.3 Å². The molecule has 1 aliphatic heterocycles. The van der Waals surface area contributed by atoms with E-state index in [2.05, 4.69) is 10.3 Å². The van der Waals surface area contributed by atoms with E-state index in [1.807, 2.05) is 13.0 Å². The molecule has 37 heavy (non-hydrogen) atoms. The highest BCUT2D eigenvalue weighted by Gasteiger charge is 2.52. The van der Waals surface area contributed by atoms with E-state index in [0.29, 0.717) is 12.1 Å². The molecule has 10 heteroatoms. The van der Waals surface area contributed by atoms with Gasteiger partial charge in [0.05, 0.1) is 37.6 Å². The molecule has 3 aromatic rings. The summed E-state index contributed by atoms with van der Waals surface area (Å²) < 4.78 is 32.1. The summed E-state index contributed by atoms with van der Waals surface area (Å²) in [6.07, 6.45) is 0.952. The molecule has 0 bridgehead atoms. The van der Waals surface area contributed by atoms with Gasteiger partial charge in [0.2, 0.25) is 0 Å². The number of rotatable bonds is 8. The van der Waals surface area contributed by atoms with Crippen LogP contribution in [0.25, 0.3) is 11.1 Å². The molecule has 0 aliphatic carbocycles. The topological polar surface area (TPSA) is 114 Å². The lowest BCUT2D eigenvalue weighted by atomic mass is 9.85. The van der Waals surface area contributed by atoms with Gasteiger partial charge in [-0.05, 0) is 42.8 Å². The maximum atomic E-state index is 15.6. The lowest BCUT2D eigenvalue weighted by Gasteiger charge is -2.31. The van der Waals surface area contributed by atoms with Gasteiger partial charge in [-0.25, -0.2) is 9.18 Å². The minimum absolute atomic E-state index is 0.00577. The van der Waals surface area contributed by atoms with Gasteiger partial charge in [-0.1, -0.05) is 31.0 Å². The molecule has 0 radical (unpaired) electrons. The van der Waals surface area contributed by atoms with E-state index in [4.69, 9.17) is 25.8 Å². The van der Waals surface area contributed by atoms with E-state index < -0.39 is 23.6 Å². The molecular formula is C27H25ClFN3O5. The number of hydrogen-bond acceptors (Lipinski definition) is 7. The van der Waals surface area contributed by atoms with Crippen molar-refractivity contribution in [3.8, 4) is 28.7 Å². The highest BCUT2D eigenvalue weighted by atomic mass is 35.5. The Labute approximate surface area is 218 Å². The molecule has 4 rings (SSSR count). The number of ether oxygens (including phenoxy) is 3. The molecule has 0 saturated carbocycles. The van der Waals surface area contributed by atoms with Gasteiger partial charge in [-0.3, -0.25) is 4.98 Å². The third-order valence-electron chi connectivity index (χ3n) is 6.18. The van der Waals surface area contributed by atoms with Crippen LogP contribution in [0.3, 0.4) is 0 Å². The fourth-order valence-corrected chi connectivity index (χ4v) is 4.58. The van der Waals surface area contributed by atoms with E-state index in [0.717, 1.165) is 6.42 Å². The number of carbonyl (C=O) groups is 1. The lowest BCUT2D eigenvalue weighted by Crippen LogP contribution is -2.47. The largest absolute Gasteiger partial charge is 0.494 e. The van der Waals surface area contributed by atoms with Crippen LogP contribution in [0.1, 0.15) is 42.7 Å². The maximum Gasteiger partial charge on any atom is 0.407 e. The second-order valence-corrected chi connectivity index (χ2v) is 8.81. The Kier molecular flexibility index (Phi) is 7.81. The van der Waals surface area contributed by atoms with Crippen LogP contribution in [0.15, 0.2) is 48.7 Å². The number of pyridine rings is 1. The first-order valence-corrected chi connectivity index (χ1v) is 12.0. The van der Waals surface area contributed by atoms with Gasteiger partial charge < -0.3 is 24.6 Å². The number of unbranched alkanes of at least 4 members (excludes halogenated alkanes) is 1. The molecule has 8 nitrogen and oxygen atoms in total. The van der Waals surface area contributed by atoms with Crippen LogP contribution in [0, 0.1) is 17.1 Å². The fraction of sp³-hybridized carbons (Fsp3) is 0.296. The first-order chi connectivity index (χ1) is 17.9. The van der Waals surface area contributed by atoms with Crippen molar-refractivity contribution < 1.29 is 28.5 Å². The summed E-state index contributed by atoms with van der Waals surface area (Å²) >= 11 is 6.55. The first kappa shape index (κ1) is 26.2.